The quantitative estimate of drug-likeness (QED) is 0.714. The first-order valence-electron chi connectivity index (χ1n) is 5.67. The molecular weight excluding hydrogens is 280 g/mol. The second-order valence-corrected chi connectivity index (χ2v) is 5.88. The second-order valence-electron chi connectivity index (χ2n) is 3.98. The number of rotatable bonds is 3. The summed E-state index contributed by atoms with van der Waals surface area (Å²) in [7, 11) is -2.16. The first-order chi connectivity index (χ1) is 9.61. The highest BCUT2D eigenvalue weighted by Crippen LogP contribution is 2.21. The molecule has 3 rings (SSSR count). The summed E-state index contributed by atoms with van der Waals surface area (Å²) >= 11 is 0. The molecule has 0 aliphatic rings. The molecule has 102 valence electrons. The second kappa shape index (κ2) is 4.57. The Morgan fingerprint density at radius 1 is 1.10 bits per heavy atom. The SMILES string of the molecule is COc1ccc(S(=O)(=O)c2ccc3nncn3n2)cc1. The van der Waals surface area contributed by atoms with Gasteiger partial charge in [0, 0.05) is 0 Å². The largest absolute Gasteiger partial charge is 0.497 e. The molecule has 20 heavy (non-hydrogen) atoms. The van der Waals surface area contributed by atoms with Crippen LogP contribution >= 0.6 is 0 Å². The Balaban J connectivity index is 2.09. The number of sulfone groups is 1. The molecule has 0 unspecified atom stereocenters. The minimum atomic E-state index is -3.68. The van der Waals surface area contributed by atoms with Gasteiger partial charge in [0.2, 0.25) is 9.84 Å². The van der Waals surface area contributed by atoms with Crippen LogP contribution in [0.15, 0.2) is 52.6 Å². The van der Waals surface area contributed by atoms with Crippen LogP contribution in [0.4, 0.5) is 0 Å². The highest BCUT2D eigenvalue weighted by molar-refractivity contribution is 7.91. The summed E-state index contributed by atoms with van der Waals surface area (Å²) in [4.78, 5) is 0.151. The maximum absolute atomic E-state index is 12.4. The van der Waals surface area contributed by atoms with Gasteiger partial charge in [-0.15, -0.1) is 10.2 Å². The van der Waals surface area contributed by atoms with Crippen molar-refractivity contribution in [2.75, 3.05) is 7.11 Å². The maximum atomic E-state index is 12.4. The Morgan fingerprint density at radius 3 is 2.55 bits per heavy atom. The minimum absolute atomic E-state index is 0.0602. The molecule has 0 atom stereocenters. The van der Waals surface area contributed by atoms with Crippen LogP contribution in [0.2, 0.25) is 0 Å². The molecule has 0 N–H and O–H groups in total. The van der Waals surface area contributed by atoms with Crippen molar-refractivity contribution in [3.63, 3.8) is 0 Å². The Morgan fingerprint density at radius 2 is 1.85 bits per heavy atom. The highest BCUT2D eigenvalue weighted by atomic mass is 32.2. The topological polar surface area (TPSA) is 86.5 Å². The van der Waals surface area contributed by atoms with E-state index in [0.29, 0.717) is 11.4 Å². The fourth-order valence-corrected chi connectivity index (χ4v) is 2.91. The fourth-order valence-electron chi connectivity index (χ4n) is 1.73. The number of hydrogen-bond acceptors (Lipinski definition) is 6. The van der Waals surface area contributed by atoms with E-state index in [4.69, 9.17) is 4.74 Å². The van der Waals surface area contributed by atoms with E-state index < -0.39 is 9.84 Å². The van der Waals surface area contributed by atoms with Crippen molar-refractivity contribution in [2.24, 2.45) is 0 Å². The molecule has 7 nitrogen and oxygen atoms in total. The molecule has 0 fully saturated rings. The monoisotopic (exact) mass is 290 g/mol. The summed E-state index contributed by atoms with van der Waals surface area (Å²) in [6.45, 7) is 0. The van der Waals surface area contributed by atoms with Gasteiger partial charge in [-0.1, -0.05) is 0 Å². The van der Waals surface area contributed by atoms with Gasteiger partial charge in [0.25, 0.3) is 0 Å². The van der Waals surface area contributed by atoms with Crippen molar-refractivity contribution in [3.8, 4) is 5.75 Å². The lowest BCUT2D eigenvalue weighted by atomic mass is 10.3. The molecule has 3 aromatic rings. The summed E-state index contributed by atoms with van der Waals surface area (Å²) < 4.78 is 31.2. The van der Waals surface area contributed by atoms with Gasteiger partial charge < -0.3 is 4.74 Å². The van der Waals surface area contributed by atoms with Gasteiger partial charge in [-0.25, -0.2) is 8.42 Å². The molecule has 0 aliphatic heterocycles. The van der Waals surface area contributed by atoms with Crippen molar-refractivity contribution in [3.05, 3.63) is 42.7 Å². The van der Waals surface area contributed by atoms with E-state index >= 15 is 0 Å². The molecule has 1 aromatic carbocycles. The molecule has 0 aliphatic carbocycles. The van der Waals surface area contributed by atoms with Gasteiger partial charge in [0.1, 0.15) is 12.1 Å². The van der Waals surface area contributed by atoms with Gasteiger partial charge in [-0.3, -0.25) is 0 Å². The van der Waals surface area contributed by atoms with Crippen LogP contribution in [0.1, 0.15) is 0 Å². The van der Waals surface area contributed by atoms with Crippen molar-refractivity contribution in [1.29, 1.82) is 0 Å². The lowest BCUT2D eigenvalue weighted by molar-refractivity contribution is 0.414. The molecule has 0 radical (unpaired) electrons. The third-order valence-electron chi connectivity index (χ3n) is 2.78. The van der Waals surface area contributed by atoms with Gasteiger partial charge in [0.05, 0.1) is 12.0 Å². The zero-order chi connectivity index (χ0) is 14.2. The molecule has 2 heterocycles. The lowest BCUT2D eigenvalue weighted by Crippen LogP contribution is -2.07. The summed E-state index contributed by atoms with van der Waals surface area (Å²) in [5, 5.41) is 11.4. The van der Waals surface area contributed by atoms with E-state index in [2.05, 4.69) is 15.3 Å². The number of ether oxygens (including phenoxy) is 1. The zero-order valence-corrected chi connectivity index (χ0v) is 11.3. The minimum Gasteiger partial charge on any atom is -0.497 e. The Kier molecular flexibility index (Phi) is 2.87. The molecule has 0 amide bonds. The van der Waals surface area contributed by atoms with Crippen molar-refractivity contribution in [2.45, 2.75) is 9.92 Å². The summed E-state index contributed by atoms with van der Waals surface area (Å²) in [5.41, 5.74) is 0.485. The van der Waals surface area contributed by atoms with Crippen LogP contribution in [0.5, 0.6) is 5.75 Å². The average molecular weight is 290 g/mol. The number of nitrogens with zero attached hydrogens (tertiary/aromatic N) is 4. The third-order valence-corrected chi connectivity index (χ3v) is 4.44. The Labute approximate surface area is 114 Å². The van der Waals surface area contributed by atoms with E-state index in [0.717, 1.165) is 0 Å². The standard InChI is InChI=1S/C12H10N4O3S/c1-19-9-2-4-10(5-3-9)20(17,18)12-7-6-11-14-13-8-16(11)15-12/h2-8H,1H3. The van der Waals surface area contributed by atoms with Crippen LogP contribution in [0, 0.1) is 0 Å². The van der Waals surface area contributed by atoms with Crippen LogP contribution in [-0.2, 0) is 9.84 Å². The Hall–Kier alpha value is -2.48. The number of hydrogen-bond donors (Lipinski definition) is 0. The van der Waals surface area contributed by atoms with Crippen LogP contribution in [0.3, 0.4) is 0 Å². The van der Waals surface area contributed by atoms with Crippen LogP contribution in [0.25, 0.3) is 5.65 Å². The van der Waals surface area contributed by atoms with Crippen LogP contribution < -0.4 is 4.74 Å². The highest BCUT2D eigenvalue weighted by Gasteiger charge is 2.20. The number of fused-ring (bicyclic) bond motifs is 1. The van der Waals surface area contributed by atoms with Gasteiger partial charge in [-0.2, -0.15) is 9.61 Å². The Bertz CT molecular complexity index is 856. The predicted molar refractivity (Wildman–Crippen MR) is 69.2 cm³/mol. The smallest absolute Gasteiger partial charge is 0.225 e. The average Bonchev–Trinajstić information content (AvgIpc) is 2.94. The number of methoxy groups -OCH3 is 1. The first-order valence-corrected chi connectivity index (χ1v) is 7.16. The van der Waals surface area contributed by atoms with Crippen LogP contribution in [-0.4, -0.2) is 35.3 Å². The number of aromatic nitrogens is 4. The van der Waals surface area contributed by atoms with Crippen molar-refractivity contribution >= 4 is 15.5 Å². The molecule has 0 saturated carbocycles. The molecule has 0 bridgehead atoms. The fraction of sp³-hybridized carbons (Fsp3) is 0.0833. The van der Waals surface area contributed by atoms with E-state index in [9.17, 15) is 8.42 Å². The number of benzene rings is 1. The molecule has 0 spiro atoms. The van der Waals surface area contributed by atoms with Crippen molar-refractivity contribution in [1.82, 2.24) is 19.8 Å². The summed E-state index contributed by atoms with van der Waals surface area (Å²) in [6.07, 6.45) is 1.35. The van der Waals surface area contributed by atoms with E-state index in [1.54, 1.807) is 18.2 Å². The van der Waals surface area contributed by atoms with Gasteiger partial charge in [0.15, 0.2) is 10.7 Å². The first kappa shape index (κ1) is 12.5. The van der Waals surface area contributed by atoms with E-state index in [-0.39, 0.29) is 9.92 Å². The third kappa shape index (κ3) is 1.99. The van der Waals surface area contributed by atoms with E-state index in [1.165, 1.54) is 36.2 Å². The molecule has 8 heteroatoms. The summed E-state index contributed by atoms with van der Waals surface area (Å²) in [6, 6.07) is 9.09. The predicted octanol–water partition coefficient (Wildman–Crippen LogP) is 0.966. The molecule has 0 saturated heterocycles. The van der Waals surface area contributed by atoms with Gasteiger partial charge >= 0.3 is 0 Å². The summed E-state index contributed by atoms with van der Waals surface area (Å²) in [5.74, 6) is 0.589. The zero-order valence-electron chi connectivity index (χ0n) is 10.5. The van der Waals surface area contributed by atoms with Crippen molar-refractivity contribution < 1.29 is 13.2 Å². The normalized spacial score (nSPS) is 11.7. The van der Waals surface area contributed by atoms with Gasteiger partial charge in [-0.05, 0) is 36.4 Å². The lowest BCUT2D eigenvalue weighted by Gasteiger charge is -2.05. The van der Waals surface area contributed by atoms with E-state index in [1.807, 2.05) is 0 Å². The molecular formula is C12H10N4O3S. The maximum Gasteiger partial charge on any atom is 0.225 e. The molecule has 2 aromatic heterocycles.